The zero-order valence-corrected chi connectivity index (χ0v) is 8.95. The molecule has 0 aliphatic rings. The Bertz CT molecular complexity index is 479. The lowest BCUT2D eigenvalue weighted by Crippen LogP contribution is -1.87. The number of carbonyl (C=O) groups excluding carboxylic acids is 1. The van der Waals surface area contributed by atoms with Gasteiger partial charge in [0.1, 0.15) is 5.75 Å². The summed E-state index contributed by atoms with van der Waals surface area (Å²) in [5.41, 5.74) is 1.68. The molecule has 0 radical (unpaired) electrons. The molecule has 0 atom stereocenters. The average molecular weight is 219 g/mol. The van der Waals surface area contributed by atoms with Gasteiger partial charge in [0.15, 0.2) is 11.3 Å². The number of para-hydroxylation sites is 1. The van der Waals surface area contributed by atoms with Crippen molar-refractivity contribution in [1.82, 2.24) is 4.98 Å². The van der Waals surface area contributed by atoms with Gasteiger partial charge in [0.2, 0.25) is 0 Å². The number of benzene rings is 1. The zero-order valence-electron chi connectivity index (χ0n) is 8.14. The van der Waals surface area contributed by atoms with Gasteiger partial charge < -0.3 is 4.74 Å². The monoisotopic (exact) mass is 219 g/mol. The van der Waals surface area contributed by atoms with Crippen LogP contribution in [-0.4, -0.2) is 18.4 Å². The molecule has 0 amide bonds. The summed E-state index contributed by atoms with van der Waals surface area (Å²) < 4.78 is 5.22. The van der Waals surface area contributed by atoms with Crippen molar-refractivity contribution in [2.75, 3.05) is 7.11 Å². The van der Waals surface area contributed by atoms with Crippen LogP contribution in [0.4, 0.5) is 0 Å². The van der Waals surface area contributed by atoms with Gasteiger partial charge in [0, 0.05) is 10.9 Å². The third-order valence-electron chi connectivity index (χ3n) is 2.01. The predicted molar refractivity (Wildman–Crippen MR) is 59.5 cm³/mol. The molecule has 4 heteroatoms. The highest BCUT2D eigenvalue weighted by Crippen LogP contribution is 2.29. The Balaban J connectivity index is 2.48. The smallest absolute Gasteiger partial charge is 0.178 e. The van der Waals surface area contributed by atoms with E-state index in [2.05, 4.69) is 4.98 Å². The number of rotatable bonds is 3. The average Bonchev–Trinajstić information content (AvgIpc) is 2.77. The van der Waals surface area contributed by atoms with E-state index in [4.69, 9.17) is 4.74 Å². The van der Waals surface area contributed by atoms with Crippen molar-refractivity contribution in [1.29, 1.82) is 0 Å². The fraction of sp³-hybridized carbons (Fsp3) is 0.0909. The van der Waals surface area contributed by atoms with Crippen LogP contribution in [-0.2, 0) is 0 Å². The van der Waals surface area contributed by atoms with Crippen molar-refractivity contribution in [2.45, 2.75) is 0 Å². The fourth-order valence-electron chi connectivity index (χ4n) is 1.32. The van der Waals surface area contributed by atoms with E-state index in [0.29, 0.717) is 5.01 Å². The van der Waals surface area contributed by atoms with Gasteiger partial charge in [-0.2, -0.15) is 0 Å². The summed E-state index contributed by atoms with van der Waals surface area (Å²) in [6.07, 6.45) is 0.754. The highest BCUT2D eigenvalue weighted by molar-refractivity contribution is 7.11. The van der Waals surface area contributed by atoms with Gasteiger partial charge in [0.05, 0.1) is 12.8 Å². The summed E-state index contributed by atoms with van der Waals surface area (Å²) in [4.78, 5) is 14.7. The van der Waals surface area contributed by atoms with E-state index < -0.39 is 0 Å². The van der Waals surface area contributed by atoms with Gasteiger partial charge in [-0.25, -0.2) is 4.98 Å². The lowest BCUT2D eigenvalue weighted by Gasteiger charge is -2.04. The molecule has 0 aliphatic heterocycles. The van der Waals surface area contributed by atoms with Crippen molar-refractivity contribution >= 4 is 17.6 Å². The van der Waals surface area contributed by atoms with Crippen LogP contribution in [0.3, 0.4) is 0 Å². The molecule has 76 valence electrons. The van der Waals surface area contributed by atoms with Crippen molar-refractivity contribution in [3.63, 3.8) is 0 Å². The number of carbonyl (C=O) groups is 1. The second-order valence-corrected chi connectivity index (χ2v) is 3.78. The Hall–Kier alpha value is -1.68. The summed E-state index contributed by atoms with van der Waals surface area (Å²) in [7, 11) is 1.62. The second-order valence-electron chi connectivity index (χ2n) is 2.89. The first-order valence-corrected chi connectivity index (χ1v) is 5.27. The molecule has 15 heavy (non-hydrogen) atoms. The first-order valence-electron chi connectivity index (χ1n) is 4.39. The minimum atomic E-state index is 0.482. The third-order valence-corrected chi connectivity index (χ3v) is 2.78. The van der Waals surface area contributed by atoms with Gasteiger partial charge >= 0.3 is 0 Å². The third kappa shape index (κ3) is 1.89. The fourth-order valence-corrected chi connectivity index (χ4v) is 1.94. The zero-order chi connectivity index (χ0) is 10.7. The number of thiazole rings is 1. The molecule has 1 heterocycles. The minimum Gasteiger partial charge on any atom is -0.496 e. The number of nitrogens with zero attached hydrogens (tertiary/aromatic N) is 1. The van der Waals surface area contributed by atoms with Gasteiger partial charge in [0.25, 0.3) is 0 Å². The molecule has 2 aromatic rings. The maximum absolute atomic E-state index is 10.5. The quantitative estimate of drug-likeness (QED) is 0.745. The minimum absolute atomic E-state index is 0.482. The van der Waals surface area contributed by atoms with Crippen LogP contribution in [0, 0.1) is 0 Å². The van der Waals surface area contributed by atoms with Gasteiger partial charge in [-0.3, -0.25) is 4.79 Å². The lowest BCUT2D eigenvalue weighted by atomic mass is 10.1. The molecule has 0 unspecified atom stereocenters. The highest BCUT2D eigenvalue weighted by Gasteiger charge is 2.08. The van der Waals surface area contributed by atoms with Crippen LogP contribution >= 0.6 is 11.3 Å². The van der Waals surface area contributed by atoms with Crippen molar-refractivity contribution in [3.8, 4) is 17.0 Å². The first-order chi connectivity index (χ1) is 7.35. The molecule has 0 saturated heterocycles. The van der Waals surface area contributed by atoms with E-state index in [1.165, 1.54) is 11.3 Å². The Morgan fingerprint density at radius 2 is 2.20 bits per heavy atom. The van der Waals surface area contributed by atoms with Crippen LogP contribution in [0.5, 0.6) is 5.75 Å². The summed E-state index contributed by atoms with van der Waals surface area (Å²) in [6, 6.07) is 7.60. The van der Waals surface area contributed by atoms with E-state index in [1.54, 1.807) is 7.11 Å². The van der Waals surface area contributed by atoms with Crippen molar-refractivity contribution in [2.24, 2.45) is 0 Å². The summed E-state index contributed by atoms with van der Waals surface area (Å²) in [5, 5.41) is 2.33. The van der Waals surface area contributed by atoms with Crippen LogP contribution in [0.2, 0.25) is 0 Å². The number of hydrogen-bond donors (Lipinski definition) is 0. The number of hydrogen-bond acceptors (Lipinski definition) is 4. The van der Waals surface area contributed by atoms with Gasteiger partial charge in [-0.05, 0) is 12.1 Å². The normalized spacial score (nSPS) is 9.93. The Kier molecular flexibility index (Phi) is 2.78. The van der Waals surface area contributed by atoms with Crippen LogP contribution < -0.4 is 4.74 Å². The highest BCUT2D eigenvalue weighted by atomic mass is 32.1. The van der Waals surface area contributed by atoms with Crippen LogP contribution in [0.25, 0.3) is 11.3 Å². The molecule has 2 rings (SSSR count). The molecular formula is C11H9NO2S. The number of ether oxygens (including phenoxy) is 1. The summed E-state index contributed by atoms with van der Waals surface area (Å²) in [5.74, 6) is 0.764. The molecule has 3 nitrogen and oxygen atoms in total. The van der Waals surface area contributed by atoms with Gasteiger partial charge in [-0.15, -0.1) is 11.3 Å². The molecule has 0 aliphatic carbocycles. The second kappa shape index (κ2) is 4.23. The summed E-state index contributed by atoms with van der Waals surface area (Å²) in [6.45, 7) is 0. The van der Waals surface area contributed by atoms with E-state index in [0.717, 1.165) is 23.3 Å². The molecule has 0 bridgehead atoms. The van der Waals surface area contributed by atoms with Crippen LogP contribution in [0.15, 0.2) is 29.6 Å². The first kappa shape index (κ1) is 9.86. The maximum Gasteiger partial charge on any atom is 0.178 e. The Morgan fingerprint density at radius 3 is 2.87 bits per heavy atom. The molecule has 1 aromatic heterocycles. The predicted octanol–water partition coefficient (Wildman–Crippen LogP) is 2.63. The molecule has 0 saturated carbocycles. The molecule has 0 N–H and O–H groups in total. The SMILES string of the molecule is COc1ccccc1-c1csc(C=O)n1. The van der Waals surface area contributed by atoms with Crippen molar-refractivity contribution in [3.05, 3.63) is 34.7 Å². The lowest BCUT2D eigenvalue weighted by molar-refractivity contribution is 0.112. The maximum atomic E-state index is 10.5. The summed E-state index contributed by atoms with van der Waals surface area (Å²) >= 11 is 1.33. The van der Waals surface area contributed by atoms with Gasteiger partial charge in [-0.1, -0.05) is 12.1 Å². The Labute approximate surface area is 91.4 Å². The Morgan fingerprint density at radius 1 is 1.40 bits per heavy atom. The van der Waals surface area contributed by atoms with Crippen LogP contribution in [0.1, 0.15) is 9.80 Å². The molecule has 0 spiro atoms. The van der Waals surface area contributed by atoms with Crippen molar-refractivity contribution < 1.29 is 9.53 Å². The number of aldehydes is 1. The largest absolute Gasteiger partial charge is 0.496 e. The molecule has 1 aromatic carbocycles. The standard InChI is InChI=1S/C11H9NO2S/c1-14-10-5-3-2-4-8(10)9-7-15-11(6-13)12-9/h2-7H,1H3. The number of methoxy groups -OCH3 is 1. The van der Waals surface area contributed by atoms with E-state index in [-0.39, 0.29) is 0 Å². The van der Waals surface area contributed by atoms with E-state index in [1.807, 2.05) is 29.6 Å². The number of aromatic nitrogens is 1. The topological polar surface area (TPSA) is 39.2 Å². The van der Waals surface area contributed by atoms with E-state index in [9.17, 15) is 4.79 Å². The van der Waals surface area contributed by atoms with E-state index >= 15 is 0 Å². The molecule has 0 fully saturated rings. The molecular weight excluding hydrogens is 210 g/mol.